The molecule has 0 saturated carbocycles. The second kappa shape index (κ2) is 5.25. The fourth-order valence-corrected chi connectivity index (χ4v) is 3.97. The summed E-state index contributed by atoms with van der Waals surface area (Å²) in [6, 6.07) is 1.70. The summed E-state index contributed by atoms with van der Waals surface area (Å²) in [6.45, 7) is 3.70. The lowest BCUT2D eigenvalue weighted by molar-refractivity contribution is 0.106. The van der Waals surface area contributed by atoms with E-state index in [1.165, 1.54) is 51.6 Å². The molecule has 3 unspecified atom stereocenters. The number of methoxy groups -OCH3 is 1. The molecule has 0 radical (unpaired) electrons. The van der Waals surface area contributed by atoms with Gasteiger partial charge in [-0.15, -0.1) is 0 Å². The molecule has 2 bridgehead atoms. The Morgan fingerprint density at radius 3 is 2.59 bits per heavy atom. The Labute approximate surface area is 105 Å². The Hall–Kier alpha value is -0.120. The number of nitrogens with zero attached hydrogens (tertiary/aromatic N) is 1. The van der Waals surface area contributed by atoms with Gasteiger partial charge >= 0.3 is 0 Å². The molecule has 3 nitrogen and oxygen atoms in total. The van der Waals surface area contributed by atoms with Gasteiger partial charge in [0, 0.05) is 32.3 Å². The topological polar surface area (TPSA) is 24.5 Å². The fraction of sp³-hybridized carbons (Fsp3) is 1.00. The zero-order valence-electron chi connectivity index (χ0n) is 11.0. The first-order chi connectivity index (χ1) is 8.33. The molecule has 98 valence electrons. The lowest BCUT2D eigenvalue weighted by Gasteiger charge is -2.30. The Morgan fingerprint density at radius 1 is 1.18 bits per heavy atom. The number of rotatable bonds is 4. The van der Waals surface area contributed by atoms with Crippen molar-refractivity contribution in [2.75, 3.05) is 26.7 Å². The van der Waals surface area contributed by atoms with E-state index in [1.807, 2.05) is 7.11 Å². The lowest BCUT2D eigenvalue weighted by Crippen LogP contribution is -2.39. The van der Waals surface area contributed by atoms with Crippen LogP contribution in [0.2, 0.25) is 0 Å². The summed E-state index contributed by atoms with van der Waals surface area (Å²) < 4.78 is 5.43. The van der Waals surface area contributed by atoms with Crippen molar-refractivity contribution in [2.24, 2.45) is 5.92 Å². The van der Waals surface area contributed by atoms with Crippen molar-refractivity contribution in [3.05, 3.63) is 0 Å². The lowest BCUT2D eigenvalue weighted by atomic mass is 9.89. The molecule has 0 aromatic carbocycles. The van der Waals surface area contributed by atoms with Crippen LogP contribution >= 0.6 is 0 Å². The highest BCUT2D eigenvalue weighted by atomic mass is 16.5. The molecule has 3 saturated heterocycles. The van der Waals surface area contributed by atoms with E-state index in [4.69, 9.17) is 4.74 Å². The zero-order chi connectivity index (χ0) is 11.7. The maximum atomic E-state index is 5.43. The smallest absolute Gasteiger partial charge is 0.0710 e. The van der Waals surface area contributed by atoms with Gasteiger partial charge in [-0.1, -0.05) is 0 Å². The van der Waals surface area contributed by atoms with E-state index in [9.17, 15) is 0 Å². The third-order valence-electron chi connectivity index (χ3n) is 4.99. The minimum Gasteiger partial charge on any atom is -0.380 e. The molecular formula is C14H26N2O. The summed E-state index contributed by atoms with van der Waals surface area (Å²) in [5, 5.41) is 3.73. The molecule has 1 N–H and O–H groups in total. The van der Waals surface area contributed by atoms with E-state index in [2.05, 4.69) is 10.2 Å². The third-order valence-corrected chi connectivity index (χ3v) is 4.99. The van der Waals surface area contributed by atoms with Crippen LogP contribution in [0.25, 0.3) is 0 Å². The summed E-state index contributed by atoms with van der Waals surface area (Å²) >= 11 is 0. The van der Waals surface area contributed by atoms with Crippen molar-refractivity contribution in [2.45, 2.75) is 56.7 Å². The summed E-state index contributed by atoms with van der Waals surface area (Å²) in [7, 11) is 1.85. The molecule has 3 aliphatic heterocycles. The molecule has 0 aliphatic carbocycles. The standard InChI is InChI=1S/C14H26N2O/c1-17-14-5-7-16(10-14)6-4-11-8-12-2-3-13(9-11)15-12/h11-15H,2-10H2,1H3. The monoisotopic (exact) mass is 238 g/mol. The van der Waals surface area contributed by atoms with Crippen LogP contribution in [0.4, 0.5) is 0 Å². The largest absolute Gasteiger partial charge is 0.380 e. The van der Waals surface area contributed by atoms with Gasteiger partial charge in [-0.05, 0) is 51.0 Å². The molecule has 0 spiro atoms. The molecule has 3 aliphatic rings. The van der Waals surface area contributed by atoms with E-state index in [1.54, 1.807) is 0 Å². The van der Waals surface area contributed by atoms with Crippen LogP contribution in [-0.2, 0) is 4.74 Å². The SMILES string of the molecule is COC1CCN(CCC2CC3CCC(C2)N3)C1. The first-order valence-corrected chi connectivity index (χ1v) is 7.34. The van der Waals surface area contributed by atoms with Gasteiger partial charge in [0.05, 0.1) is 6.10 Å². The normalized spacial score (nSPS) is 42.2. The number of ether oxygens (including phenoxy) is 1. The Bertz CT molecular complexity index is 247. The van der Waals surface area contributed by atoms with Crippen molar-refractivity contribution in [3.63, 3.8) is 0 Å². The summed E-state index contributed by atoms with van der Waals surface area (Å²) in [4.78, 5) is 2.60. The van der Waals surface area contributed by atoms with Gasteiger partial charge < -0.3 is 15.0 Å². The highest BCUT2D eigenvalue weighted by Gasteiger charge is 2.33. The minimum atomic E-state index is 0.499. The predicted octanol–water partition coefficient (Wildman–Crippen LogP) is 1.63. The van der Waals surface area contributed by atoms with Crippen molar-refractivity contribution in [1.82, 2.24) is 10.2 Å². The van der Waals surface area contributed by atoms with Crippen molar-refractivity contribution >= 4 is 0 Å². The quantitative estimate of drug-likeness (QED) is 0.805. The second-order valence-electron chi connectivity index (χ2n) is 6.21. The molecule has 0 aromatic rings. The number of hydrogen-bond acceptors (Lipinski definition) is 3. The highest BCUT2D eigenvalue weighted by Crippen LogP contribution is 2.32. The molecule has 3 fully saturated rings. The van der Waals surface area contributed by atoms with Crippen molar-refractivity contribution < 1.29 is 4.74 Å². The number of likely N-dealkylation sites (tertiary alicyclic amines) is 1. The highest BCUT2D eigenvalue weighted by molar-refractivity contribution is 4.92. The van der Waals surface area contributed by atoms with Crippen LogP contribution < -0.4 is 5.32 Å². The van der Waals surface area contributed by atoms with Gasteiger partial charge in [0.15, 0.2) is 0 Å². The molecule has 0 amide bonds. The van der Waals surface area contributed by atoms with Crippen molar-refractivity contribution in [1.29, 1.82) is 0 Å². The molecule has 3 rings (SSSR count). The third kappa shape index (κ3) is 2.83. The van der Waals surface area contributed by atoms with Crippen molar-refractivity contribution in [3.8, 4) is 0 Å². The summed E-state index contributed by atoms with van der Waals surface area (Å²) in [6.07, 6.45) is 8.85. The maximum absolute atomic E-state index is 5.43. The van der Waals surface area contributed by atoms with Gasteiger partial charge in [0.1, 0.15) is 0 Å². The Balaban J connectivity index is 1.40. The molecule has 3 heteroatoms. The average Bonchev–Trinajstić information content (AvgIpc) is 2.93. The Kier molecular flexibility index (Phi) is 3.69. The first-order valence-electron chi connectivity index (χ1n) is 7.34. The molecule has 17 heavy (non-hydrogen) atoms. The van der Waals surface area contributed by atoms with Gasteiger partial charge in [-0.2, -0.15) is 0 Å². The summed E-state index contributed by atoms with van der Waals surface area (Å²) in [5.74, 6) is 0.982. The van der Waals surface area contributed by atoms with Crippen LogP contribution in [0.3, 0.4) is 0 Å². The van der Waals surface area contributed by atoms with Crippen LogP contribution in [-0.4, -0.2) is 49.8 Å². The van der Waals surface area contributed by atoms with Crippen LogP contribution in [0.15, 0.2) is 0 Å². The van der Waals surface area contributed by atoms with E-state index in [0.29, 0.717) is 6.10 Å². The molecule has 3 heterocycles. The van der Waals surface area contributed by atoms with E-state index in [-0.39, 0.29) is 0 Å². The first kappa shape index (κ1) is 11.9. The molecule has 0 aromatic heterocycles. The Morgan fingerprint density at radius 2 is 1.94 bits per heavy atom. The van der Waals surface area contributed by atoms with Gasteiger partial charge in [-0.25, -0.2) is 0 Å². The minimum absolute atomic E-state index is 0.499. The van der Waals surface area contributed by atoms with E-state index < -0.39 is 0 Å². The molecular weight excluding hydrogens is 212 g/mol. The van der Waals surface area contributed by atoms with Gasteiger partial charge in [0.2, 0.25) is 0 Å². The number of hydrogen-bond donors (Lipinski definition) is 1. The summed E-state index contributed by atoms with van der Waals surface area (Å²) in [5.41, 5.74) is 0. The van der Waals surface area contributed by atoms with Crippen LogP contribution in [0.5, 0.6) is 0 Å². The number of nitrogens with one attached hydrogen (secondary N) is 1. The van der Waals surface area contributed by atoms with Gasteiger partial charge in [-0.3, -0.25) is 0 Å². The maximum Gasteiger partial charge on any atom is 0.0710 e. The zero-order valence-corrected chi connectivity index (χ0v) is 11.0. The number of fused-ring (bicyclic) bond motifs is 2. The van der Waals surface area contributed by atoms with E-state index >= 15 is 0 Å². The number of piperidine rings is 1. The van der Waals surface area contributed by atoms with E-state index in [0.717, 1.165) is 24.5 Å². The van der Waals surface area contributed by atoms with Crippen LogP contribution in [0, 0.1) is 5.92 Å². The molecule has 3 atom stereocenters. The fourth-order valence-electron chi connectivity index (χ4n) is 3.97. The second-order valence-corrected chi connectivity index (χ2v) is 6.21. The van der Waals surface area contributed by atoms with Gasteiger partial charge in [0.25, 0.3) is 0 Å². The predicted molar refractivity (Wildman–Crippen MR) is 69.1 cm³/mol. The van der Waals surface area contributed by atoms with Crippen LogP contribution in [0.1, 0.15) is 38.5 Å². The average molecular weight is 238 g/mol.